The molecular formula is C20H15ClINO. The third-order valence-electron chi connectivity index (χ3n) is 3.73. The van der Waals surface area contributed by atoms with E-state index in [1.807, 2.05) is 78.9 Å². The van der Waals surface area contributed by atoms with E-state index in [-0.39, 0.29) is 11.9 Å². The standard InChI is InChI=1S/C20H15ClINO/c21-16-12-10-15(11-13-16)19(14-6-2-1-3-7-14)23-20(24)17-8-4-5-9-18(17)22/h1-13,19H,(H,23,24)/t19-/m0/s1. The molecule has 0 unspecified atom stereocenters. The molecule has 0 aliphatic carbocycles. The van der Waals surface area contributed by atoms with Crippen molar-refractivity contribution in [1.82, 2.24) is 5.32 Å². The molecule has 0 aliphatic heterocycles. The predicted molar refractivity (Wildman–Crippen MR) is 106 cm³/mol. The summed E-state index contributed by atoms with van der Waals surface area (Å²) in [6.07, 6.45) is 0. The van der Waals surface area contributed by atoms with Crippen molar-refractivity contribution in [2.75, 3.05) is 0 Å². The van der Waals surface area contributed by atoms with Crippen LogP contribution in [0, 0.1) is 3.57 Å². The van der Waals surface area contributed by atoms with Crippen LogP contribution in [-0.4, -0.2) is 5.91 Å². The molecule has 3 aromatic carbocycles. The quantitative estimate of drug-likeness (QED) is 0.528. The lowest BCUT2D eigenvalue weighted by atomic mass is 9.98. The Kier molecular flexibility index (Phi) is 5.53. The SMILES string of the molecule is O=C(N[C@@H](c1ccccc1)c1ccc(Cl)cc1)c1ccccc1I. The lowest BCUT2D eigenvalue weighted by Gasteiger charge is -2.20. The summed E-state index contributed by atoms with van der Waals surface area (Å²) >= 11 is 8.17. The summed E-state index contributed by atoms with van der Waals surface area (Å²) in [5.41, 5.74) is 2.69. The molecule has 4 heteroatoms. The first kappa shape index (κ1) is 17.0. The Labute approximate surface area is 160 Å². The second-order valence-corrected chi connectivity index (χ2v) is 6.95. The zero-order valence-electron chi connectivity index (χ0n) is 12.7. The van der Waals surface area contributed by atoms with Gasteiger partial charge >= 0.3 is 0 Å². The maximum absolute atomic E-state index is 12.7. The minimum absolute atomic E-state index is 0.0937. The van der Waals surface area contributed by atoms with Crippen LogP contribution < -0.4 is 5.32 Å². The highest BCUT2D eigenvalue weighted by Crippen LogP contribution is 2.24. The number of hydrogen-bond acceptors (Lipinski definition) is 1. The molecule has 24 heavy (non-hydrogen) atoms. The molecule has 1 atom stereocenters. The molecule has 120 valence electrons. The first-order valence-electron chi connectivity index (χ1n) is 7.51. The highest BCUT2D eigenvalue weighted by Gasteiger charge is 2.18. The molecule has 0 saturated carbocycles. The van der Waals surface area contributed by atoms with Crippen LogP contribution in [0.5, 0.6) is 0 Å². The molecule has 0 bridgehead atoms. The molecule has 0 spiro atoms. The van der Waals surface area contributed by atoms with Gasteiger partial charge in [-0.2, -0.15) is 0 Å². The van der Waals surface area contributed by atoms with Gasteiger partial charge in [0.25, 0.3) is 5.91 Å². The first-order valence-corrected chi connectivity index (χ1v) is 8.96. The molecule has 0 fully saturated rings. The molecule has 3 aromatic rings. The van der Waals surface area contributed by atoms with E-state index in [1.54, 1.807) is 0 Å². The van der Waals surface area contributed by atoms with Crippen molar-refractivity contribution in [2.24, 2.45) is 0 Å². The van der Waals surface area contributed by atoms with Gasteiger partial charge in [-0.25, -0.2) is 0 Å². The number of benzene rings is 3. The highest BCUT2D eigenvalue weighted by atomic mass is 127. The molecular weight excluding hydrogens is 433 g/mol. The Bertz CT molecular complexity index is 834. The van der Waals surface area contributed by atoms with Crippen LogP contribution in [0.2, 0.25) is 5.02 Å². The maximum atomic E-state index is 12.7. The van der Waals surface area contributed by atoms with E-state index < -0.39 is 0 Å². The minimum Gasteiger partial charge on any atom is -0.341 e. The van der Waals surface area contributed by atoms with Gasteiger partial charge in [-0.15, -0.1) is 0 Å². The van der Waals surface area contributed by atoms with Gasteiger partial charge in [-0.1, -0.05) is 66.2 Å². The summed E-state index contributed by atoms with van der Waals surface area (Å²) in [7, 11) is 0. The molecule has 0 radical (unpaired) electrons. The second-order valence-electron chi connectivity index (χ2n) is 5.35. The van der Waals surface area contributed by atoms with Crippen LogP contribution in [-0.2, 0) is 0 Å². The third-order valence-corrected chi connectivity index (χ3v) is 4.92. The average molecular weight is 448 g/mol. The normalized spacial score (nSPS) is 11.8. The van der Waals surface area contributed by atoms with Gasteiger partial charge in [-0.3, -0.25) is 4.79 Å². The number of hydrogen-bond donors (Lipinski definition) is 1. The number of carbonyl (C=O) groups is 1. The van der Waals surface area contributed by atoms with Gasteiger partial charge in [-0.05, 0) is 58.0 Å². The van der Waals surface area contributed by atoms with E-state index in [0.717, 1.165) is 14.7 Å². The number of amides is 1. The summed E-state index contributed by atoms with van der Waals surface area (Å²) in [5.74, 6) is -0.0937. The summed E-state index contributed by atoms with van der Waals surface area (Å²) in [6.45, 7) is 0. The van der Waals surface area contributed by atoms with Crippen molar-refractivity contribution < 1.29 is 4.79 Å². The molecule has 0 heterocycles. The maximum Gasteiger partial charge on any atom is 0.253 e. The van der Waals surface area contributed by atoms with Crippen LogP contribution in [0.1, 0.15) is 27.5 Å². The number of rotatable bonds is 4. The topological polar surface area (TPSA) is 29.1 Å². The fraction of sp³-hybridized carbons (Fsp3) is 0.0500. The summed E-state index contributed by atoms with van der Waals surface area (Å²) < 4.78 is 0.926. The molecule has 3 rings (SSSR count). The van der Waals surface area contributed by atoms with E-state index in [4.69, 9.17) is 11.6 Å². The van der Waals surface area contributed by atoms with Crippen molar-refractivity contribution in [1.29, 1.82) is 0 Å². The van der Waals surface area contributed by atoms with Crippen molar-refractivity contribution in [3.63, 3.8) is 0 Å². The molecule has 0 aromatic heterocycles. The molecule has 1 N–H and O–H groups in total. The zero-order chi connectivity index (χ0) is 16.9. The van der Waals surface area contributed by atoms with Gasteiger partial charge < -0.3 is 5.32 Å². The van der Waals surface area contributed by atoms with Crippen LogP contribution in [0.3, 0.4) is 0 Å². The van der Waals surface area contributed by atoms with Crippen LogP contribution in [0.25, 0.3) is 0 Å². The van der Waals surface area contributed by atoms with E-state index in [2.05, 4.69) is 27.9 Å². The number of halogens is 2. The smallest absolute Gasteiger partial charge is 0.253 e. The van der Waals surface area contributed by atoms with Crippen molar-refractivity contribution in [3.8, 4) is 0 Å². The fourth-order valence-electron chi connectivity index (χ4n) is 2.51. The Morgan fingerprint density at radius 2 is 1.42 bits per heavy atom. The number of carbonyl (C=O) groups excluding carboxylic acids is 1. The van der Waals surface area contributed by atoms with Crippen LogP contribution in [0.15, 0.2) is 78.9 Å². The lowest BCUT2D eigenvalue weighted by Crippen LogP contribution is -2.29. The van der Waals surface area contributed by atoms with Gasteiger partial charge in [0.15, 0.2) is 0 Å². The zero-order valence-corrected chi connectivity index (χ0v) is 15.7. The second kappa shape index (κ2) is 7.81. The Morgan fingerprint density at radius 3 is 2.08 bits per heavy atom. The fourth-order valence-corrected chi connectivity index (χ4v) is 3.27. The van der Waals surface area contributed by atoms with E-state index in [0.29, 0.717) is 10.6 Å². The van der Waals surface area contributed by atoms with Crippen LogP contribution in [0.4, 0.5) is 0 Å². The van der Waals surface area contributed by atoms with Gasteiger partial charge in [0, 0.05) is 8.59 Å². The van der Waals surface area contributed by atoms with E-state index in [9.17, 15) is 4.79 Å². The molecule has 0 aliphatic rings. The number of nitrogens with one attached hydrogen (secondary N) is 1. The minimum atomic E-state index is -0.230. The first-order chi connectivity index (χ1) is 11.6. The predicted octanol–water partition coefficient (Wildman–Crippen LogP) is 5.46. The molecule has 2 nitrogen and oxygen atoms in total. The molecule has 0 saturated heterocycles. The monoisotopic (exact) mass is 447 g/mol. The van der Waals surface area contributed by atoms with Crippen LogP contribution >= 0.6 is 34.2 Å². The van der Waals surface area contributed by atoms with Gasteiger partial charge in [0.2, 0.25) is 0 Å². The summed E-state index contributed by atoms with van der Waals surface area (Å²) in [4.78, 5) is 12.7. The van der Waals surface area contributed by atoms with Gasteiger partial charge in [0.1, 0.15) is 0 Å². The summed E-state index contributed by atoms with van der Waals surface area (Å²) in [5, 5.41) is 3.81. The average Bonchev–Trinajstić information content (AvgIpc) is 2.61. The largest absolute Gasteiger partial charge is 0.341 e. The summed E-state index contributed by atoms with van der Waals surface area (Å²) in [6, 6.07) is 24.8. The Hall–Kier alpha value is -1.85. The van der Waals surface area contributed by atoms with Crippen molar-refractivity contribution >= 4 is 40.1 Å². The highest BCUT2D eigenvalue weighted by molar-refractivity contribution is 14.1. The van der Waals surface area contributed by atoms with Crippen molar-refractivity contribution in [2.45, 2.75) is 6.04 Å². The van der Waals surface area contributed by atoms with Gasteiger partial charge in [0.05, 0.1) is 11.6 Å². The third kappa shape index (κ3) is 3.97. The van der Waals surface area contributed by atoms with Crippen molar-refractivity contribution in [3.05, 3.63) is 104 Å². The van der Waals surface area contributed by atoms with E-state index in [1.165, 1.54) is 0 Å². The Morgan fingerprint density at radius 1 is 0.833 bits per heavy atom. The Balaban J connectivity index is 1.95. The van der Waals surface area contributed by atoms with E-state index >= 15 is 0 Å². The molecule has 1 amide bonds. The lowest BCUT2D eigenvalue weighted by molar-refractivity contribution is 0.0942.